The Morgan fingerprint density at radius 2 is 1.95 bits per heavy atom. The van der Waals surface area contributed by atoms with E-state index in [1.54, 1.807) is 0 Å². The van der Waals surface area contributed by atoms with E-state index in [4.69, 9.17) is 0 Å². The number of fused-ring (bicyclic) bond motifs is 3. The molecule has 2 unspecified atom stereocenters. The van der Waals surface area contributed by atoms with Gasteiger partial charge in [0.15, 0.2) is 0 Å². The third kappa shape index (κ3) is 2.32. The normalized spacial score (nSPS) is 31.7. The summed E-state index contributed by atoms with van der Waals surface area (Å²) in [6.45, 7) is 10.4. The number of nitrogens with one attached hydrogen (secondary N) is 1. The molecule has 2 atom stereocenters. The first-order valence-corrected chi connectivity index (χ1v) is 7.54. The van der Waals surface area contributed by atoms with Crippen molar-refractivity contribution in [3.8, 4) is 0 Å². The van der Waals surface area contributed by atoms with Gasteiger partial charge in [0.2, 0.25) is 0 Å². The van der Waals surface area contributed by atoms with Crippen molar-refractivity contribution in [3.63, 3.8) is 0 Å². The summed E-state index contributed by atoms with van der Waals surface area (Å²) in [4.78, 5) is 2.60. The highest BCUT2D eigenvalue weighted by Crippen LogP contribution is 2.30. The summed E-state index contributed by atoms with van der Waals surface area (Å²) in [5.74, 6) is 0.879. The third-order valence-corrected chi connectivity index (χ3v) is 5.12. The van der Waals surface area contributed by atoms with E-state index < -0.39 is 0 Å². The van der Waals surface area contributed by atoms with E-state index in [1.165, 1.54) is 49.4 Å². The maximum absolute atomic E-state index is 4.54. The van der Waals surface area contributed by atoms with Gasteiger partial charge in [0, 0.05) is 36.9 Å². The molecule has 0 amide bonds. The van der Waals surface area contributed by atoms with Crippen molar-refractivity contribution in [2.75, 3.05) is 19.6 Å². The Morgan fingerprint density at radius 3 is 2.42 bits per heavy atom. The van der Waals surface area contributed by atoms with Crippen molar-refractivity contribution < 1.29 is 0 Å². The molecule has 1 aromatic heterocycles. The average molecular weight is 262 g/mol. The minimum atomic E-state index is 0.402. The highest BCUT2D eigenvalue weighted by molar-refractivity contribution is 5.27. The van der Waals surface area contributed by atoms with E-state index in [9.17, 15) is 0 Å². The number of rotatable bonds is 3. The van der Waals surface area contributed by atoms with Crippen LogP contribution >= 0.6 is 0 Å². The van der Waals surface area contributed by atoms with Crippen LogP contribution in [-0.2, 0) is 7.05 Å². The second-order valence-electron chi connectivity index (χ2n) is 6.34. The van der Waals surface area contributed by atoms with Crippen LogP contribution in [0.1, 0.15) is 42.8 Å². The van der Waals surface area contributed by atoms with Gasteiger partial charge in [0.05, 0.1) is 5.69 Å². The number of hydrogen-bond acceptors (Lipinski definition) is 3. The Balaban J connectivity index is 1.73. The van der Waals surface area contributed by atoms with Gasteiger partial charge in [-0.3, -0.25) is 4.68 Å². The molecule has 106 valence electrons. The Morgan fingerprint density at radius 1 is 1.26 bits per heavy atom. The fraction of sp³-hybridized carbons (Fsp3) is 0.800. The highest BCUT2D eigenvalue weighted by atomic mass is 15.3. The van der Waals surface area contributed by atoms with E-state index in [0.717, 1.165) is 5.92 Å². The lowest BCUT2D eigenvalue weighted by Gasteiger charge is -2.46. The van der Waals surface area contributed by atoms with Crippen LogP contribution in [0.25, 0.3) is 0 Å². The monoisotopic (exact) mass is 262 g/mol. The summed E-state index contributed by atoms with van der Waals surface area (Å²) in [5.41, 5.74) is 3.85. The van der Waals surface area contributed by atoms with Crippen molar-refractivity contribution in [1.82, 2.24) is 20.0 Å². The molecule has 3 aliphatic rings. The maximum atomic E-state index is 4.54. The predicted molar refractivity (Wildman–Crippen MR) is 77.2 cm³/mol. The van der Waals surface area contributed by atoms with Gasteiger partial charge in [-0.05, 0) is 52.6 Å². The molecule has 1 N–H and O–H groups in total. The lowest BCUT2D eigenvalue weighted by atomic mass is 9.83. The van der Waals surface area contributed by atoms with Crippen LogP contribution in [0.15, 0.2) is 0 Å². The van der Waals surface area contributed by atoms with Crippen LogP contribution in [0.5, 0.6) is 0 Å². The molecule has 3 fully saturated rings. The minimum absolute atomic E-state index is 0.402. The van der Waals surface area contributed by atoms with Crippen LogP contribution in [0.2, 0.25) is 0 Å². The van der Waals surface area contributed by atoms with Crippen LogP contribution in [-0.4, -0.2) is 40.4 Å². The lowest BCUT2D eigenvalue weighted by Crippen LogP contribution is -2.56. The van der Waals surface area contributed by atoms with Crippen LogP contribution in [0, 0.1) is 19.8 Å². The van der Waals surface area contributed by atoms with E-state index in [0.29, 0.717) is 12.1 Å². The zero-order valence-corrected chi connectivity index (χ0v) is 12.6. The summed E-state index contributed by atoms with van der Waals surface area (Å²) < 4.78 is 2.00. The van der Waals surface area contributed by atoms with Gasteiger partial charge in [0.1, 0.15) is 0 Å². The molecule has 0 spiro atoms. The number of aromatic nitrogens is 2. The van der Waals surface area contributed by atoms with Gasteiger partial charge in [-0.15, -0.1) is 0 Å². The second kappa shape index (κ2) is 4.91. The first-order chi connectivity index (χ1) is 9.06. The number of nitrogens with zero attached hydrogens (tertiary/aromatic N) is 3. The topological polar surface area (TPSA) is 33.1 Å². The summed E-state index contributed by atoms with van der Waals surface area (Å²) in [6, 6.07) is 1.07. The molecular formula is C15H26N4. The molecule has 4 nitrogen and oxygen atoms in total. The third-order valence-electron chi connectivity index (χ3n) is 5.12. The Bertz CT molecular complexity index is 457. The van der Waals surface area contributed by atoms with Crippen molar-refractivity contribution >= 4 is 0 Å². The highest BCUT2D eigenvalue weighted by Gasteiger charge is 2.35. The molecule has 2 bridgehead atoms. The van der Waals surface area contributed by atoms with Crippen molar-refractivity contribution in [2.45, 2.75) is 45.7 Å². The van der Waals surface area contributed by atoms with E-state index >= 15 is 0 Å². The van der Waals surface area contributed by atoms with Crippen molar-refractivity contribution in [3.05, 3.63) is 17.0 Å². The predicted octanol–water partition coefficient (Wildman–Crippen LogP) is 1.78. The zero-order valence-electron chi connectivity index (χ0n) is 12.6. The molecular weight excluding hydrogens is 236 g/mol. The Labute approximate surface area is 116 Å². The lowest BCUT2D eigenvalue weighted by molar-refractivity contribution is 0.0679. The molecule has 0 aromatic carbocycles. The fourth-order valence-corrected chi connectivity index (χ4v) is 3.98. The standard InChI is InChI=1S/C15H26N4/c1-10(15-11(2)17-18(4)12(15)3)16-14-9-19-7-5-13(14)6-8-19/h10,13-14,16H,5-9H2,1-4H3. The van der Waals surface area contributed by atoms with Gasteiger partial charge in [-0.25, -0.2) is 0 Å². The molecule has 3 saturated heterocycles. The largest absolute Gasteiger partial charge is 0.306 e. The molecule has 0 saturated carbocycles. The van der Waals surface area contributed by atoms with Crippen molar-refractivity contribution in [2.24, 2.45) is 13.0 Å². The fourth-order valence-electron chi connectivity index (χ4n) is 3.98. The Kier molecular flexibility index (Phi) is 3.39. The molecule has 0 aliphatic carbocycles. The van der Waals surface area contributed by atoms with Gasteiger partial charge < -0.3 is 10.2 Å². The quantitative estimate of drug-likeness (QED) is 0.901. The molecule has 4 heteroatoms. The summed E-state index contributed by atoms with van der Waals surface area (Å²) in [5, 5.41) is 8.41. The smallest absolute Gasteiger partial charge is 0.0644 e. The molecule has 3 aliphatic heterocycles. The maximum Gasteiger partial charge on any atom is 0.0644 e. The summed E-state index contributed by atoms with van der Waals surface area (Å²) in [6.07, 6.45) is 2.74. The van der Waals surface area contributed by atoms with Crippen LogP contribution in [0.3, 0.4) is 0 Å². The molecule has 4 rings (SSSR count). The van der Waals surface area contributed by atoms with Gasteiger partial charge >= 0.3 is 0 Å². The first-order valence-electron chi connectivity index (χ1n) is 7.54. The molecule has 19 heavy (non-hydrogen) atoms. The molecule has 0 radical (unpaired) electrons. The van der Waals surface area contributed by atoms with Crippen LogP contribution in [0.4, 0.5) is 0 Å². The Hall–Kier alpha value is -0.870. The SMILES string of the molecule is Cc1nn(C)c(C)c1C(C)NC1CN2CCC1CC2. The zero-order chi connectivity index (χ0) is 13.6. The number of piperidine rings is 3. The molecule has 4 heterocycles. The second-order valence-corrected chi connectivity index (χ2v) is 6.34. The van der Waals surface area contributed by atoms with Crippen LogP contribution < -0.4 is 5.32 Å². The van der Waals surface area contributed by atoms with Gasteiger partial charge in [0.25, 0.3) is 0 Å². The minimum Gasteiger partial charge on any atom is -0.306 e. The van der Waals surface area contributed by atoms with Gasteiger partial charge in [-0.2, -0.15) is 5.10 Å². The van der Waals surface area contributed by atoms with Crippen molar-refractivity contribution in [1.29, 1.82) is 0 Å². The first kappa shape index (κ1) is 13.1. The molecule has 1 aromatic rings. The van der Waals surface area contributed by atoms with E-state index in [1.807, 2.05) is 11.7 Å². The van der Waals surface area contributed by atoms with Gasteiger partial charge in [-0.1, -0.05) is 0 Å². The number of hydrogen-bond donors (Lipinski definition) is 1. The number of aryl methyl sites for hydroxylation is 2. The summed E-state index contributed by atoms with van der Waals surface area (Å²) in [7, 11) is 2.03. The summed E-state index contributed by atoms with van der Waals surface area (Å²) >= 11 is 0. The van der Waals surface area contributed by atoms with E-state index in [-0.39, 0.29) is 0 Å². The average Bonchev–Trinajstić information content (AvgIpc) is 2.64. The van der Waals surface area contributed by atoms with E-state index in [2.05, 4.69) is 36.1 Å².